The molecule has 0 spiro atoms. The standard InChI is InChI=1S/C16H24N4O/c17-14-6-2-1-5-13(14)16(21)19-12-7-8-15(18-11-12)20-9-3-4-10-20/h7-8,11,13-14H,1-6,9-10,17H2,(H,19,21). The van der Waals surface area contributed by atoms with E-state index in [1.165, 1.54) is 12.8 Å². The second-order valence-electron chi connectivity index (χ2n) is 6.14. The Morgan fingerprint density at radius 3 is 2.62 bits per heavy atom. The maximum atomic E-state index is 12.3. The Kier molecular flexibility index (Phi) is 4.39. The third-order valence-corrected chi connectivity index (χ3v) is 4.60. The highest BCUT2D eigenvalue weighted by atomic mass is 16.1. The minimum absolute atomic E-state index is 0.00409. The summed E-state index contributed by atoms with van der Waals surface area (Å²) in [7, 11) is 0. The summed E-state index contributed by atoms with van der Waals surface area (Å²) < 4.78 is 0. The van der Waals surface area contributed by atoms with E-state index in [1.54, 1.807) is 6.20 Å². The molecule has 1 aliphatic heterocycles. The topological polar surface area (TPSA) is 71.2 Å². The molecule has 1 aromatic heterocycles. The number of nitrogens with zero attached hydrogens (tertiary/aromatic N) is 2. The Bertz CT molecular complexity index is 482. The third-order valence-electron chi connectivity index (χ3n) is 4.60. The van der Waals surface area contributed by atoms with Gasteiger partial charge < -0.3 is 16.0 Å². The maximum Gasteiger partial charge on any atom is 0.229 e. The van der Waals surface area contributed by atoms with Gasteiger partial charge in [-0.05, 0) is 37.8 Å². The third kappa shape index (κ3) is 3.35. The molecular formula is C16H24N4O. The molecule has 5 heteroatoms. The largest absolute Gasteiger partial charge is 0.357 e. The minimum Gasteiger partial charge on any atom is -0.357 e. The minimum atomic E-state index is -0.0583. The monoisotopic (exact) mass is 288 g/mol. The summed E-state index contributed by atoms with van der Waals surface area (Å²) >= 11 is 0. The molecule has 5 nitrogen and oxygen atoms in total. The number of amides is 1. The van der Waals surface area contributed by atoms with Crippen LogP contribution in [0.2, 0.25) is 0 Å². The van der Waals surface area contributed by atoms with Crippen LogP contribution in [0.15, 0.2) is 18.3 Å². The zero-order chi connectivity index (χ0) is 14.7. The maximum absolute atomic E-state index is 12.3. The molecule has 1 saturated heterocycles. The molecule has 2 fully saturated rings. The molecule has 1 aromatic rings. The fourth-order valence-electron chi connectivity index (χ4n) is 3.31. The smallest absolute Gasteiger partial charge is 0.229 e. The highest BCUT2D eigenvalue weighted by Gasteiger charge is 2.28. The fourth-order valence-corrected chi connectivity index (χ4v) is 3.31. The zero-order valence-corrected chi connectivity index (χ0v) is 12.4. The van der Waals surface area contributed by atoms with Gasteiger partial charge in [-0.3, -0.25) is 4.79 Å². The molecule has 1 amide bonds. The van der Waals surface area contributed by atoms with E-state index in [4.69, 9.17) is 5.73 Å². The van der Waals surface area contributed by atoms with E-state index in [0.29, 0.717) is 0 Å². The first-order valence-corrected chi connectivity index (χ1v) is 8.01. The van der Waals surface area contributed by atoms with Crippen molar-refractivity contribution < 1.29 is 4.79 Å². The average molecular weight is 288 g/mol. The van der Waals surface area contributed by atoms with Crippen molar-refractivity contribution in [2.75, 3.05) is 23.3 Å². The summed E-state index contributed by atoms with van der Waals surface area (Å²) in [5, 5.41) is 2.96. The van der Waals surface area contributed by atoms with E-state index in [0.717, 1.165) is 50.3 Å². The molecular weight excluding hydrogens is 264 g/mol. The number of hydrogen-bond donors (Lipinski definition) is 2. The first kappa shape index (κ1) is 14.3. The normalized spacial score (nSPS) is 25.9. The average Bonchev–Trinajstić information content (AvgIpc) is 3.02. The van der Waals surface area contributed by atoms with Crippen LogP contribution in [0, 0.1) is 5.92 Å². The summed E-state index contributed by atoms with van der Waals surface area (Å²) in [5.41, 5.74) is 6.82. The van der Waals surface area contributed by atoms with E-state index < -0.39 is 0 Å². The number of hydrogen-bond acceptors (Lipinski definition) is 4. The van der Waals surface area contributed by atoms with Crippen molar-refractivity contribution in [2.45, 2.75) is 44.6 Å². The van der Waals surface area contributed by atoms with Crippen molar-refractivity contribution in [1.29, 1.82) is 0 Å². The van der Waals surface area contributed by atoms with Gasteiger partial charge in [-0.1, -0.05) is 12.8 Å². The van der Waals surface area contributed by atoms with Gasteiger partial charge in [0.25, 0.3) is 0 Å². The van der Waals surface area contributed by atoms with Crippen molar-refractivity contribution in [3.63, 3.8) is 0 Å². The summed E-state index contributed by atoms with van der Waals surface area (Å²) in [6.45, 7) is 2.16. The van der Waals surface area contributed by atoms with E-state index in [2.05, 4.69) is 15.2 Å². The van der Waals surface area contributed by atoms with Crippen molar-refractivity contribution in [1.82, 2.24) is 4.98 Å². The molecule has 1 aliphatic carbocycles. The SMILES string of the molecule is NC1CCCCC1C(=O)Nc1ccc(N2CCCC2)nc1. The first-order valence-electron chi connectivity index (χ1n) is 8.01. The molecule has 3 rings (SSSR count). The van der Waals surface area contributed by atoms with Gasteiger partial charge in [-0.25, -0.2) is 4.98 Å². The molecule has 0 bridgehead atoms. The Morgan fingerprint density at radius 1 is 1.19 bits per heavy atom. The van der Waals surface area contributed by atoms with Crippen LogP contribution in [0.4, 0.5) is 11.5 Å². The van der Waals surface area contributed by atoms with Crippen molar-refractivity contribution in [3.8, 4) is 0 Å². The predicted molar refractivity (Wildman–Crippen MR) is 84.2 cm³/mol. The van der Waals surface area contributed by atoms with Gasteiger partial charge in [0.1, 0.15) is 5.82 Å². The molecule has 2 unspecified atom stereocenters. The van der Waals surface area contributed by atoms with Crippen LogP contribution in [-0.2, 0) is 4.79 Å². The molecule has 2 aliphatic rings. The van der Waals surface area contributed by atoms with E-state index in [1.807, 2.05) is 12.1 Å². The van der Waals surface area contributed by atoms with Crippen molar-refractivity contribution in [2.24, 2.45) is 11.7 Å². The predicted octanol–water partition coefficient (Wildman–Crippen LogP) is 2.14. The molecule has 0 radical (unpaired) electrons. The van der Waals surface area contributed by atoms with E-state index >= 15 is 0 Å². The summed E-state index contributed by atoms with van der Waals surface area (Å²) in [4.78, 5) is 19.0. The Labute approximate surface area is 125 Å². The highest BCUT2D eigenvalue weighted by Crippen LogP contribution is 2.25. The van der Waals surface area contributed by atoms with Gasteiger partial charge in [-0.2, -0.15) is 0 Å². The lowest BCUT2D eigenvalue weighted by Crippen LogP contribution is -2.40. The van der Waals surface area contributed by atoms with Crippen LogP contribution in [0.5, 0.6) is 0 Å². The van der Waals surface area contributed by atoms with Gasteiger partial charge in [0.15, 0.2) is 0 Å². The molecule has 114 valence electrons. The van der Waals surface area contributed by atoms with Gasteiger partial charge in [-0.15, -0.1) is 0 Å². The number of rotatable bonds is 3. The molecule has 1 saturated carbocycles. The van der Waals surface area contributed by atoms with Crippen LogP contribution >= 0.6 is 0 Å². The number of pyridine rings is 1. The van der Waals surface area contributed by atoms with Crippen molar-refractivity contribution >= 4 is 17.4 Å². The van der Waals surface area contributed by atoms with Crippen molar-refractivity contribution in [3.05, 3.63) is 18.3 Å². The number of carbonyl (C=O) groups excluding carboxylic acids is 1. The molecule has 21 heavy (non-hydrogen) atoms. The number of carbonyl (C=O) groups is 1. The summed E-state index contributed by atoms with van der Waals surface area (Å²) in [6, 6.07) is 3.92. The van der Waals surface area contributed by atoms with E-state index in [9.17, 15) is 4.79 Å². The molecule has 3 N–H and O–H groups in total. The second kappa shape index (κ2) is 6.43. The molecule has 0 aromatic carbocycles. The lowest BCUT2D eigenvalue weighted by atomic mass is 9.84. The molecule has 2 atom stereocenters. The van der Waals surface area contributed by atoms with Crippen LogP contribution in [0.1, 0.15) is 38.5 Å². The second-order valence-corrected chi connectivity index (χ2v) is 6.14. The van der Waals surface area contributed by atoms with Gasteiger partial charge in [0, 0.05) is 19.1 Å². The van der Waals surface area contributed by atoms with Gasteiger partial charge >= 0.3 is 0 Å². The van der Waals surface area contributed by atoms with Crippen LogP contribution in [0.3, 0.4) is 0 Å². The summed E-state index contributed by atoms with van der Waals surface area (Å²) in [6.07, 6.45) is 8.30. The summed E-state index contributed by atoms with van der Waals surface area (Å²) in [5.74, 6) is 0.981. The number of nitrogens with two attached hydrogens (primary N) is 1. The number of anilines is 2. The highest BCUT2D eigenvalue weighted by molar-refractivity contribution is 5.93. The Hall–Kier alpha value is -1.62. The lowest BCUT2D eigenvalue weighted by Gasteiger charge is -2.27. The van der Waals surface area contributed by atoms with Crippen LogP contribution < -0.4 is 16.0 Å². The fraction of sp³-hybridized carbons (Fsp3) is 0.625. The quantitative estimate of drug-likeness (QED) is 0.894. The Morgan fingerprint density at radius 2 is 1.95 bits per heavy atom. The van der Waals surface area contributed by atoms with Gasteiger partial charge in [0.05, 0.1) is 17.8 Å². The zero-order valence-electron chi connectivity index (χ0n) is 12.4. The van der Waals surface area contributed by atoms with Crippen LogP contribution in [-0.4, -0.2) is 30.0 Å². The molecule has 2 heterocycles. The Balaban J connectivity index is 1.60. The number of aromatic nitrogens is 1. The van der Waals surface area contributed by atoms with Crippen LogP contribution in [0.25, 0.3) is 0 Å². The number of nitrogens with one attached hydrogen (secondary N) is 1. The first-order chi connectivity index (χ1) is 10.2. The van der Waals surface area contributed by atoms with Gasteiger partial charge in [0.2, 0.25) is 5.91 Å². The lowest BCUT2D eigenvalue weighted by molar-refractivity contribution is -0.121. The van der Waals surface area contributed by atoms with E-state index in [-0.39, 0.29) is 17.9 Å².